The molecular weight excluding hydrogens is 440 g/mol. The molecule has 0 aliphatic heterocycles. The summed E-state index contributed by atoms with van der Waals surface area (Å²) < 4.78 is 10.5. The first-order valence-electron chi connectivity index (χ1n) is 9.90. The molecule has 156 valence electrons. The Hall–Kier alpha value is -2.09. The van der Waals surface area contributed by atoms with E-state index in [2.05, 4.69) is 26.8 Å². The largest absolute Gasteiger partial charge is 0.497 e. The number of hydrogen-bond donors (Lipinski definition) is 2. The van der Waals surface area contributed by atoms with E-state index in [1.165, 1.54) is 13.5 Å². The highest BCUT2D eigenvalue weighted by molar-refractivity contribution is 9.10. The molecule has 1 aromatic carbocycles. The number of esters is 1. The molecule has 0 saturated heterocycles. The van der Waals surface area contributed by atoms with Crippen LogP contribution in [-0.4, -0.2) is 35.8 Å². The van der Waals surface area contributed by atoms with Crippen molar-refractivity contribution in [1.29, 1.82) is 0 Å². The summed E-state index contributed by atoms with van der Waals surface area (Å²) in [6.07, 6.45) is 5.92. The number of carbonyl (C=O) groups is 3. The fourth-order valence-electron chi connectivity index (χ4n) is 5.65. The van der Waals surface area contributed by atoms with Crippen molar-refractivity contribution in [2.45, 2.75) is 42.8 Å². The number of methoxy groups -OCH3 is 1. The van der Waals surface area contributed by atoms with Gasteiger partial charge in [-0.15, -0.1) is 0 Å². The summed E-state index contributed by atoms with van der Waals surface area (Å²) in [4.78, 5) is 37.0. The third-order valence-corrected chi connectivity index (χ3v) is 7.35. The smallest absolute Gasteiger partial charge is 0.312 e. The van der Waals surface area contributed by atoms with Crippen molar-refractivity contribution < 1.29 is 23.9 Å². The molecule has 2 unspecified atom stereocenters. The number of benzene rings is 1. The average Bonchev–Trinajstić information content (AvgIpc) is 2.68. The molecule has 4 bridgehead atoms. The van der Waals surface area contributed by atoms with Crippen molar-refractivity contribution >= 4 is 33.7 Å². The second kappa shape index (κ2) is 7.63. The van der Waals surface area contributed by atoms with Crippen molar-refractivity contribution in [1.82, 2.24) is 10.9 Å². The van der Waals surface area contributed by atoms with Crippen molar-refractivity contribution in [2.75, 3.05) is 13.7 Å². The van der Waals surface area contributed by atoms with Gasteiger partial charge in [0.15, 0.2) is 6.61 Å². The molecule has 2 atom stereocenters. The second-order valence-electron chi connectivity index (χ2n) is 8.70. The molecule has 4 aliphatic carbocycles. The molecule has 2 N–H and O–H groups in total. The van der Waals surface area contributed by atoms with Crippen LogP contribution in [0.25, 0.3) is 0 Å². The van der Waals surface area contributed by atoms with E-state index in [4.69, 9.17) is 9.47 Å². The topological polar surface area (TPSA) is 93.7 Å². The molecule has 0 heterocycles. The Morgan fingerprint density at radius 3 is 2.31 bits per heavy atom. The molecule has 0 radical (unpaired) electrons. The van der Waals surface area contributed by atoms with E-state index in [9.17, 15) is 14.4 Å². The van der Waals surface area contributed by atoms with Crippen molar-refractivity contribution in [3.8, 4) is 5.75 Å². The van der Waals surface area contributed by atoms with Crippen LogP contribution >= 0.6 is 15.9 Å². The monoisotopic (exact) mass is 464 g/mol. The van der Waals surface area contributed by atoms with Crippen LogP contribution in [-0.2, 0) is 14.3 Å². The predicted molar refractivity (Wildman–Crippen MR) is 108 cm³/mol. The Bertz CT molecular complexity index is 811. The molecule has 7 nitrogen and oxygen atoms in total. The lowest BCUT2D eigenvalue weighted by molar-refractivity contribution is -0.171. The Morgan fingerprint density at radius 1 is 1.07 bits per heavy atom. The van der Waals surface area contributed by atoms with E-state index in [0.717, 1.165) is 32.1 Å². The lowest BCUT2D eigenvalue weighted by atomic mass is 9.49. The number of hydrogen-bond acceptors (Lipinski definition) is 5. The minimum atomic E-state index is -0.571. The van der Waals surface area contributed by atoms with E-state index in [1.807, 2.05) is 0 Å². The van der Waals surface area contributed by atoms with Crippen LogP contribution in [0.2, 0.25) is 0 Å². The zero-order valence-corrected chi connectivity index (χ0v) is 17.9. The highest BCUT2D eigenvalue weighted by Gasteiger charge is 2.60. The summed E-state index contributed by atoms with van der Waals surface area (Å²) in [5.41, 5.74) is 4.52. The second-order valence-corrected chi connectivity index (χ2v) is 10.4. The SMILES string of the molecule is COc1ccc(C(=O)NNC(=O)COC(=O)C23CC4CC(CC(Br)(C4)C2)C3)cc1. The zero-order chi connectivity index (χ0) is 20.6. The van der Waals surface area contributed by atoms with Crippen LogP contribution < -0.4 is 15.6 Å². The third-order valence-electron chi connectivity index (χ3n) is 6.42. The van der Waals surface area contributed by atoms with E-state index in [0.29, 0.717) is 23.1 Å². The first-order valence-corrected chi connectivity index (χ1v) is 10.7. The maximum absolute atomic E-state index is 12.8. The van der Waals surface area contributed by atoms with Gasteiger partial charge >= 0.3 is 5.97 Å². The van der Waals surface area contributed by atoms with Crippen molar-refractivity contribution in [3.05, 3.63) is 29.8 Å². The van der Waals surface area contributed by atoms with Crippen LogP contribution in [0.3, 0.4) is 0 Å². The lowest BCUT2D eigenvalue weighted by Gasteiger charge is -2.58. The number of rotatable bonds is 5. The van der Waals surface area contributed by atoms with Crippen LogP contribution in [0.1, 0.15) is 48.9 Å². The van der Waals surface area contributed by atoms with Gasteiger partial charge in [0.05, 0.1) is 12.5 Å². The summed E-state index contributed by atoms with van der Waals surface area (Å²) in [6, 6.07) is 6.48. The normalized spacial score (nSPS) is 31.8. The maximum atomic E-state index is 12.8. The molecule has 0 spiro atoms. The standard InChI is InChI=1S/C21H25BrN2O5/c1-28-16-4-2-15(3-5-16)18(26)24-23-17(25)11-29-19(27)20-7-13-6-14(8-20)10-21(22,9-13)12-20/h2-5,13-14H,6-12H2,1H3,(H,23,25)(H,24,26). The molecule has 2 amide bonds. The number of carbonyl (C=O) groups excluding carboxylic acids is 3. The number of ether oxygens (including phenoxy) is 2. The van der Waals surface area contributed by atoms with E-state index < -0.39 is 23.8 Å². The average molecular weight is 465 g/mol. The minimum Gasteiger partial charge on any atom is -0.497 e. The Labute approximate surface area is 178 Å². The van der Waals surface area contributed by atoms with E-state index >= 15 is 0 Å². The van der Waals surface area contributed by atoms with Gasteiger partial charge in [0, 0.05) is 9.89 Å². The predicted octanol–water partition coefficient (Wildman–Crippen LogP) is 2.73. The summed E-state index contributed by atoms with van der Waals surface area (Å²) >= 11 is 3.87. The van der Waals surface area contributed by atoms with Gasteiger partial charge in [-0.05, 0) is 74.6 Å². The number of hydrazine groups is 1. The quantitative estimate of drug-likeness (QED) is 0.396. The van der Waals surface area contributed by atoms with Crippen molar-refractivity contribution in [2.24, 2.45) is 17.3 Å². The number of halogens is 1. The minimum absolute atomic E-state index is 0.0463. The van der Waals surface area contributed by atoms with Crippen molar-refractivity contribution in [3.63, 3.8) is 0 Å². The molecule has 0 aromatic heterocycles. The van der Waals surface area contributed by atoms with Gasteiger partial charge in [-0.2, -0.15) is 0 Å². The molecule has 1 aromatic rings. The molecule has 8 heteroatoms. The molecule has 29 heavy (non-hydrogen) atoms. The molecule has 4 saturated carbocycles. The maximum Gasteiger partial charge on any atom is 0.312 e. The Kier molecular flexibility index (Phi) is 5.31. The first-order chi connectivity index (χ1) is 13.8. The molecule has 4 fully saturated rings. The fourth-order valence-corrected chi connectivity index (χ4v) is 7.10. The fraction of sp³-hybridized carbons (Fsp3) is 0.571. The Balaban J connectivity index is 1.26. The van der Waals surface area contributed by atoms with Crippen LogP contribution in [0.15, 0.2) is 24.3 Å². The van der Waals surface area contributed by atoms with Gasteiger partial charge in [0.1, 0.15) is 5.75 Å². The van der Waals surface area contributed by atoms with Crippen LogP contribution in [0.5, 0.6) is 5.75 Å². The van der Waals surface area contributed by atoms with E-state index in [1.54, 1.807) is 24.3 Å². The van der Waals surface area contributed by atoms with Gasteiger partial charge in [-0.1, -0.05) is 15.9 Å². The first kappa shape index (κ1) is 20.2. The van der Waals surface area contributed by atoms with Gasteiger partial charge in [0.25, 0.3) is 11.8 Å². The van der Waals surface area contributed by atoms with Gasteiger partial charge in [-0.3, -0.25) is 25.2 Å². The summed E-state index contributed by atoms with van der Waals surface area (Å²) in [5.74, 6) is 0.425. The van der Waals surface area contributed by atoms with Gasteiger partial charge in [0.2, 0.25) is 0 Å². The van der Waals surface area contributed by atoms with Crippen LogP contribution in [0, 0.1) is 17.3 Å². The molecule has 4 aliphatic rings. The highest BCUT2D eigenvalue weighted by Crippen LogP contribution is 2.64. The molecular formula is C21H25BrN2O5. The summed E-state index contributed by atoms with van der Waals surface area (Å²) in [5, 5.41) is 0. The summed E-state index contributed by atoms with van der Waals surface area (Å²) in [7, 11) is 1.54. The molecule has 5 rings (SSSR count). The summed E-state index contributed by atoms with van der Waals surface area (Å²) in [6.45, 7) is -0.409. The zero-order valence-electron chi connectivity index (χ0n) is 16.3. The number of nitrogens with one attached hydrogen (secondary N) is 2. The lowest BCUT2D eigenvalue weighted by Crippen LogP contribution is -2.56. The number of alkyl halides is 1. The van der Waals surface area contributed by atoms with E-state index in [-0.39, 0.29) is 10.3 Å². The Morgan fingerprint density at radius 2 is 1.72 bits per heavy atom. The van der Waals surface area contributed by atoms with Crippen LogP contribution in [0.4, 0.5) is 0 Å². The van der Waals surface area contributed by atoms with Gasteiger partial charge < -0.3 is 9.47 Å². The highest BCUT2D eigenvalue weighted by atomic mass is 79.9. The van der Waals surface area contributed by atoms with Gasteiger partial charge in [-0.25, -0.2) is 0 Å². The third kappa shape index (κ3) is 4.13. The number of amides is 2.